The van der Waals surface area contributed by atoms with Gasteiger partial charge in [0.2, 0.25) is 0 Å². The molecule has 68 valence electrons. The van der Waals surface area contributed by atoms with E-state index in [0.29, 0.717) is 22.9 Å². The first kappa shape index (κ1) is 8.47. The van der Waals surface area contributed by atoms with Crippen LogP contribution in [0.4, 0.5) is 4.39 Å². The van der Waals surface area contributed by atoms with Gasteiger partial charge in [-0.1, -0.05) is 11.6 Å². The Bertz CT molecular complexity index is 452. The largest absolute Gasteiger partial charge is 0.325 e. The molecule has 2 N–H and O–H groups in total. The van der Waals surface area contributed by atoms with E-state index in [1.807, 2.05) is 0 Å². The Morgan fingerprint density at radius 1 is 1.54 bits per heavy atom. The van der Waals surface area contributed by atoms with Crippen molar-refractivity contribution >= 4 is 17.2 Å². The lowest BCUT2D eigenvalue weighted by molar-refractivity contribution is 0.619. The molecule has 0 unspecified atom stereocenters. The van der Waals surface area contributed by atoms with E-state index in [-0.39, 0.29) is 0 Å². The third kappa shape index (κ3) is 1.38. The molecular weight excluding hydrogens is 193 g/mol. The monoisotopic (exact) mass is 199 g/mol. The molecule has 3 nitrogen and oxygen atoms in total. The summed E-state index contributed by atoms with van der Waals surface area (Å²) < 4.78 is 14.4. The summed E-state index contributed by atoms with van der Waals surface area (Å²) in [5.41, 5.74) is 6.61. The van der Waals surface area contributed by atoms with Crippen LogP contribution in [0.25, 0.3) is 5.65 Å². The van der Waals surface area contributed by atoms with Gasteiger partial charge in [0, 0.05) is 18.9 Å². The van der Waals surface area contributed by atoms with Crippen LogP contribution < -0.4 is 5.73 Å². The lowest BCUT2D eigenvalue weighted by Gasteiger charge is -1.94. The fourth-order valence-electron chi connectivity index (χ4n) is 1.17. The van der Waals surface area contributed by atoms with Crippen LogP contribution in [-0.4, -0.2) is 9.38 Å². The minimum absolute atomic E-state index is 0.291. The third-order valence-corrected chi connectivity index (χ3v) is 2.01. The van der Waals surface area contributed by atoms with Gasteiger partial charge >= 0.3 is 0 Å². The number of hydrogen-bond donors (Lipinski definition) is 1. The number of nitrogens with two attached hydrogens (primary N) is 1. The van der Waals surface area contributed by atoms with Gasteiger partial charge in [0.1, 0.15) is 5.82 Å². The van der Waals surface area contributed by atoms with Crippen LogP contribution in [0.15, 0.2) is 18.5 Å². The SMILES string of the molecule is NCc1cn2cc(F)cc(Cl)c2n1. The summed E-state index contributed by atoms with van der Waals surface area (Å²) in [5, 5.41) is 0.291. The first-order valence-corrected chi connectivity index (χ1v) is 4.11. The van der Waals surface area contributed by atoms with Crippen LogP contribution in [0.5, 0.6) is 0 Å². The highest BCUT2D eigenvalue weighted by Gasteiger charge is 2.05. The Kier molecular flexibility index (Phi) is 1.94. The fraction of sp³-hybridized carbons (Fsp3) is 0.125. The summed E-state index contributed by atoms with van der Waals surface area (Å²) >= 11 is 5.77. The molecule has 0 saturated heterocycles. The second-order valence-electron chi connectivity index (χ2n) is 2.67. The molecule has 13 heavy (non-hydrogen) atoms. The summed E-state index contributed by atoms with van der Waals surface area (Å²) in [6.07, 6.45) is 2.97. The molecule has 2 rings (SSSR count). The van der Waals surface area contributed by atoms with E-state index < -0.39 is 5.82 Å². The molecule has 0 fully saturated rings. The molecule has 5 heteroatoms. The lowest BCUT2D eigenvalue weighted by Crippen LogP contribution is -1.95. The van der Waals surface area contributed by atoms with Crippen molar-refractivity contribution in [2.24, 2.45) is 5.73 Å². The standard InChI is InChI=1S/C8H7ClFN3/c9-7-1-5(10)3-13-4-6(2-11)12-8(7)13/h1,3-4H,2,11H2. The zero-order valence-corrected chi connectivity index (χ0v) is 7.42. The van der Waals surface area contributed by atoms with E-state index in [2.05, 4.69) is 4.98 Å². The maximum absolute atomic E-state index is 12.8. The summed E-state index contributed by atoms with van der Waals surface area (Å²) in [4.78, 5) is 4.11. The Balaban J connectivity index is 2.75. The topological polar surface area (TPSA) is 43.3 Å². The molecule has 0 aliphatic heterocycles. The average Bonchev–Trinajstić information content (AvgIpc) is 2.47. The lowest BCUT2D eigenvalue weighted by atomic mass is 10.4. The maximum atomic E-state index is 12.8. The summed E-state index contributed by atoms with van der Waals surface area (Å²) in [5.74, 6) is -0.390. The van der Waals surface area contributed by atoms with Gasteiger partial charge in [0.25, 0.3) is 0 Å². The predicted molar refractivity (Wildman–Crippen MR) is 48.1 cm³/mol. The number of nitrogens with zero attached hydrogens (tertiary/aromatic N) is 2. The van der Waals surface area contributed by atoms with Crippen LogP contribution in [-0.2, 0) is 6.54 Å². The van der Waals surface area contributed by atoms with Gasteiger partial charge in [0.05, 0.1) is 10.7 Å². The van der Waals surface area contributed by atoms with Crippen molar-refractivity contribution in [3.05, 3.63) is 35.0 Å². The van der Waals surface area contributed by atoms with Gasteiger partial charge in [-0.15, -0.1) is 0 Å². The van der Waals surface area contributed by atoms with Gasteiger partial charge < -0.3 is 10.1 Å². The number of fused-ring (bicyclic) bond motifs is 1. The van der Waals surface area contributed by atoms with Gasteiger partial charge in [0.15, 0.2) is 5.65 Å². The zero-order valence-electron chi connectivity index (χ0n) is 6.67. The zero-order chi connectivity index (χ0) is 9.42. The number of aromatic nitrogens is 2. The summed E-state index contributed by atoms with van der Waals surface area (Å²) in [6, 6.07) is 1.23. The molecule has 0 spiro atoms. The van der Waals surface area contributed by atoms with Crippen LogP contribution in [0.3, 0.4) is 0 Å². The Morgan fingerprint density at radius 3 is 3.00 bits per heavy atom. The van der Waals surface area contributed by atoms with Crippen molar-refractivity contribution in [1.29, 1.82) is 0 Å². The average molecular weight is 200 g/mol. The maximum Gasteiger partial charge on any atom is 0.156 e. The van der Waals surface area contributed by atoms with E-state index >= 15 is 0 Å². The minimum atomic E-state index is -0.390. The molecule has 2 aromatic rings. The van der Waals surface area contributed by atoms with Crippen LogP contribution in [0, 0.1) is 5.82 Å². The fourth-order valence-corrected chi connectivity index (χ4v) is 1.42. The second kappa shape index (κ2) is 2.97. The molecule has 0 amide bonds. The number of halogens is 2. The van der Waals surface area contributed by atoms with Crippen molar-refractivity contribution in [3.8, 4) is 0 Å². The Labute approximate surface area is 78.9 Å². The van der Waals surface area contributed by atoms with Crippen LogP contribution in [0.1, 0.15) is 5.69 Å². The van der Waals surface area contributed by atoms with Crippen molar-refractivity contribution in [3.63, 3.8) is 0 Å². The normalized spacial score (nSPS) is 11.0. The van der Waals surface area contributed by atoms with Crippen molar-refractivity contribution < 1.29 is 4.39 Å². The van der Waals surface area contributed by atoms with E-state index in [4.69, 9.17) is 17.3 Å². The van der Waals surface area contributed by atoms with Gasteiger partial charge in [-0.05, 0) is 6.07 Å². The van der Waals surface area contributed by atoms with E-state index in [0.717, 1.165) is 0 Å². The summed E-state index contributed by atoms with van der Waals surface area (Å²) in [7, 11) is 0. The highest BCUT2D eigenvalue weighted by atomic mass is 35.5. The number of hydrogen-bond acceptors (Lipinski definition) is 2. The van der Waals surface area contributed by atoms with E-state index in [1.165, 1.54) is 16.7 Å². The first-order chi connectivity index (χ1) is 6.20. The minimum Gasteiger partial charge on any atom is -0.325 e. The van der Waals surface area contributed by atoms with Gasteiger partial charge in [-0.25, -0.2) is 9.37 Å². The molecule has 0 aliphatic rings. The molecule has 0 radical (unpaired) electrons. The molecule has 2 aromatic heterocycles. The van der Waals surface area contributed by atoms with E-state index in [9.17, 15) is 4.39 Å². The van der Waals surface area contributed by atoms with Crippen molar-refractivity contribution in [2.45, 2.75) is 6.54 Å². The van der Waals surface area contributed by atoms with Crippen molar-refractivity contribution in [1.82, 2.24) is 9.38 Å². The molecule has 0 aromatic carbocycles. The molecule has 0 saturated carbocycles. The molecular formula is C8H7ClFN3. The highest BCUT2D eigenvalue weighted by molar-refractivity contribution is 6.33. The number of rotatable bonds is 1. The van der Waals surface area contributed by atoms with Crippen LogP contribution >= 0.6 is 11.6 Å². The first-order valence-electron chi connectivity index (χ1n) is 3.73. The number of imidazole rings is 1. The molecule has 0 aliphatic carbocycles. The third-order valence-electron chi connectivity index (χ3n) is 1.73. The second-order valence-corrected chi connectivity index (χ2v) is 3.08. The van der Waals surface area contributed by atoms with Gasteiger partial charge in [-0.3, -0.25) is 0 Å². The quantitative estimate of drug-likeness (QED) is 0.758. The Morgan fingerprint density at radius 2 is 2.31 bits per heavy atom. The smallest absolute Gasteiger partial charge is 0.156 e. The highest BCUT2D eigenvalue weighted by Crippen LogP contribution is 2.17. The Hall–Kier alpha value is -1.13. The van der Waals surface area contributed by atoms with Gasteiger partial charge in [-0.2, -0.15) is 0 Å². The van der Waals surface area contributed by atoms with Crippen molar-refractivity contribution in [2.75, 3.05) is 0 Å². The van der Waals surface area contributed by atoms with E-state index in [1.54, 1.807) is 6.20 Å². The predicted octanol–water partition coefficient (Wildman–Crippen LogP) is 1.59. The molecule has 0 bridgehead atoms. The summed E-state index contributed by atoms with van der Waals surface area (Å²) in [6.45, 7) is 0.319. The molecule has 2 heterocycles. The van der Waals surface area contributed by atoms with Crippen LogP contribution in [0.2, 0.25) is 5.02 Å². The molecule has 0 atom stereocenters. The number of pyridine rings is 1.